The van der Waals surface area contributed by atoms with E-state index >= 15 is 0 Å². The Labute approximate surface area is 133 Å². The van der Waals surface area contributed by atoms with Gasteiger partial charge in [-0.15, -0.1) is 0 Å². The number of phenolic OH excluding ortho intramolecular Hbond substituents is 1. The van der Waals surface area contributed by atoms with E-state index in [1.807, 2.05) is 12.1 Å². The first-order valence-corrected chi connectivity index (χ1v) is 8.26. The largest absolute Gasteiger partial charge is 0.508 e. The lowest BCUT2D eigenvalue weighted by atomic mass is 9.82. The van der Waals surface area contributed by atoms with Gasteiger partial charge >= 0.3 is 0 Å². The maximum Gasteiger partial charge on any atom is 0.115 e. The molecule has 3 rings (SSSR count). The van der Waals surface area contributed by atoms with Crippen molar-refractivity contribution < 1.29 is 5.11 Å². The predicted octanol–water partition coefficient (Wildman–Crippen LogP) is 3.99. The van der Waals surface area contributed by atoms with E-state index in [4.69, 9.17) is 0 Å². The number of nitrogens with zero attached hydrogens (tertiary/aromatic N) is 1. The highest BCUT2D eigenvalue weighted by atomic mass is 16.3. The zero-order valence-corrected chi connectivity index (χ0v) is 13.3. The molecule has 2 heteroatoms. The molecule has 1 N–H and O–H groups in total. The Bertz CT molecular complexity index is 608. The van der Waals surface area contributed by atoms with Gasteiger partial charge in [0, 0.05) is 13.1 Å². The van der Waals surface area contributed by atoms with Crippen molar-refractivity contribution in [1.29, 1.82) is 0 Å². The number of fused-ring (bicyclic) bond motifs is 1. The molecule has 0 aliphatic heterocycles. The summed E-state index contributed by atoms with van der Waals surface area (Å²) >= 11 is 0. The molecule has 0 aromatic heterocycles. The average molecular weight is 295 g/mol. The zero-order chi connectivity index (χ0) is 15.4. The van der Waals surface area contributed by atoms with Crippen LogP contribution >= 0.6 is 0 Å². The molecule has 2 aromatic rings. The second-order valence-corrected chi connectivity index (χ2v) is 6.47. The van der Waals surface area contributed by atoms with E-state index in [0.29, 0.717) is 11.7 Å². The Morgan fingerprint density at radius 1 is 1.14 bits per heavy atom. The van der Waals surface area contributed by atoms with E-state index < -0.39 is 0 Å². The van der Waals surface area contributed by atoms with Crippen LogP contribution < -0.4 is 0 Å². The molecule has 0 amide bonds. The van der Waals surface area contributed by atoms with Crippen molar-refractivity contribution in [3.63, 3.8) is 0 Å². The van der Waals surface area contributed by atoms with Crippen LogP contribution in [0.4, 0.5) is 0 Å². The number of aryl methyl sites for hydroxylation is 1. The zero-order valence-electron chi connectivity index (χ0n) is 13.3. The third kappa shape index (κ3) is 3.69. The van der Waals surface area contributed by atoms with Crippen LogP contribution in [0.25, 0.3) is 0 Å². The Hall–Kier alpha value is -1.80. The van der Waals surface area contributed by atoms with Crippen LogP contribution in [-0.2, 0) is 12.8 Å². The number of phenols is 1. The first-order chi connectivity index (χ1) is 10.7. The van der Waals surface area contributed by atoms with Crippen LogP contribution in [0.1, 0.15) is 35.4 Å². The van der Waals surface area contributed by atoms with Gasteiger partial charge in [-0.2, -0.15) is 0 Å². The third-order valence-electron chi connectivity index (χ3n) is 4.72. The minimum absolute atomic E-state index is 0.400. The number of aromatic hydroxyl groups is 1. The van der Waals surface area contributed by atoms with Crippen LogP contribution in [-0.4, -0.2) is 30.1 Å². The molecule has 2 nitrogen and oxygen atoms in total. The first-order valence-electron chi connectivity index (χ1n) is 8.26. The summed E-state index contributed by atoms with van der Waals surface area (Å²) in [5.41, 5.74) is 4.19. The van der Waals surface area contributed by atoms with Crippen molar-refractivity contribution in [1.82, 2.24) is 4.90 Å². The van der Waals surface area contributed by atoms with Crippen molar-refractivity contribution >= 4 is 0 Å². The normalized spacial score (nSPS) is 17.5. The van der Waals surface area contributed by atoms with Gasteiger partial charge in [0.25, 0.3) is 0 Å². The predicted molar refractivity (Wildman–Crippen MR) is 91.4 cm³/mol. The minimum atomic E-state index is 0.400. The smallest absolute Gasteiger partial charge is 0.115 e. The van der Waals surface area contributed by atoms with E-state index in [1.54, 1.807) is 0 Å². The molecule has 2 aromatic carbocycles. The highest BCUT2D eigenvalue weighted by Crippen LogP contribution is 2.33. The summed E-state index contributed by atoms with van der Waals surface area (Å²) in [7, 11) is 2.22. The molecule has 0 saturated heterocycles. The van der Waals surface area contributed by atoms with Gasteiger partial charge < -0.3 is 10.0 Å². The van der Waals surface area contributed by atoms with Gasteiger partial charge in [-0.25, -0.2) is 0 Å². The van der Waals surface area contributed by atoms with Gasteiger partial charge in [-0.05, 0) is 67.5 Å². The summed E-state index contributed by atoms with van der Waals surface area (Å²) in [6.45, 7) is 2.19. The van der Waals surface area contributed by atoms with Crippen LogP contribution in [0.5, 0.6) is 5.75 Å². The maximum absolute atomic E-state index is 9.66. The summed E-state index contributed by atoms with van der Waals surface area (Å²) in [5, 5.41) is 9.66. The Morgan fingerprint density at radius 3 is 2.77 bits per heavy atom. The van der Waals surface area contributed by atoms with Crippen LogP contribution in [0.15, 0.2) is 48.5 Å². The number of benzene rings is 2. The summed E-state index contributed by atoms with van der Waals surface area (Å²) in [5.74, 6) is 1.00. The van der Waals surface area contributed by atoms with Crippen LogP contribution in [0, 0.1) is 0 Å². The molecule has 0 bridgehead atoms. The van der Waals surface area contributed by atoms with Crippen molar-refractivity contribution in [3.8, 4) is 5.75 Å². The molecule has 0 spiro atoms. The molecule has 22 heavy (non-hydrogen) atoms. The Kier molecular flexibility index (Phi) is 4.79. The van der Waals surface area contributed by atoms with Gasteiger partial charge in [0.2, 0.25) is 0 Å². The molecule has 0 heterocycles. The van der Waals surface area contributed by atoms with Gasteiger partial charge in [0.05, 0.1) is 0 Å². The van der Waals surface area contributed by atoms with Crippen molar-refractivity contribution in [3.05, 3.63) is 65.2 Å². The summed E-state index contributed by atoms with van der Waals surface area (Å²) in [4.78, 5) is 2.44. The molecule has 1 aliphatic rings. The monoisotopic (exact) mass is 295 g/mol. The molecule has 1 atom stereocenters. The van der Waals surface area contributed by atoms with E-state index in [-0.39, 0.29) is 0 Å². The Balaban J connectivity index is 1.59. The SMILES string of the molecule is CN(CCc1ccccc1)CC1CCCc2cc(O)ccc21. The van der Waals surface area contributed by atoms with E-state index in [2.05, 4.69) is 48.3 Å². The lowest BCUT2D eigenvalue weighted by molar-refractivity contribution is 0.301. The maximum atomic E-state index is 9.66. The number of hydrogen-bond acceptors (Lipinski definition) is 2. The average Bonchev–Trinajstić information content (AvgIpc) is 2.54. The highest BCUT2D eigenvalue weighted by Gasteiger charge is 2.21. The van der Waals surface area contributed by atoms with Crippen molar-refractivity contribution in [2.45, 2.75) is 31.6 Å². The fourth-order valence-corrected chi connectivity index (χ4v) is 3.52. The van der Waals surface area contributed by atoms with Gasteiger partial charge in [0.15, 0.2) is 0 Å². The molecular formula is C20H25NO. The van der Waals surface area contributed by atoms with Crippen LogP contribution in [0.2, 0.25) is 0 Å². The van der Waals surface area contributed by atoms with Crippen LogP contribution in [0.3, 0.4) is 0 Å². The quantitative estimate of drug-likeness (QED) is 0.901. The topological polar surface area (TPSA) is 23.5 Å². The minimum Gasteiger partial charge on any atom is -0.508 e. The van der Waals surface area contributed by atoms with Gasteiger partial charge in [0.1, 0.15) is 5.75 Å². The van der Waals surface area contributed by atoms with Crippen molar-refractivity contribution in [2.24, 2.45) is 0 Å². The molecule has 0 saturated carbocycles. The second-order valence-electron chi connectivity index (χ2n) is 6.47. The summed E-state index contributed by atoms with van der Waals surface area (Å²) in [6, 6.07) is 16.6. The van der Waals surface area contributed by atoms with Crippen molar-refractivity contribution in [2.75, 3.05) is 20.1 Å². The lowest BCUT2D eigenvalue weighted by Crippen LogP contribution is -2.28. The van der Waals surface area contributed by atoms with E-state index in [0.717, 1.165) is 25.9 Å². The molecule has 1 aliphatic carbocycles. The van der Waals surface area contributed by atoms with E-state index in [1.165, 1.54) is 29.5 Å². The summed E-state index contributed by atoms with van der Waals surface area (Å²) in [6.07, 6.45) is 4.70. The van der Waals surface area contributed by atoms with E-state index in [9.17, 15) is 5.11 Å². The lowest BCUT2D eigenvalue weighted by Gasteiger charge is -2.29. The van der Waals surface area contributed by atoms with Gasteiger partial charge in [-0.1, -0.05) is 36.4 Å². The number of rotatable bonds is 5. The molecule has 116 valence electrons. The summed E-state index contributed by atoms with van der Waals surface area (Å²) < 4.78 is 0. The fourth-order valence-electron chi connectivity index (χ4n) is 3.52. The second kappa shape index (κ2) is 6.97. The molecule has 1 unspecified atom stereocenters. The fraction of sp³-hybridized carbons (Fsp3) is 0.400. The molecule has 0 radical (unpaired) electrons. The first kappa shape index (κ1) is 15.1. The Morgan fingerprint density at radius 2 is 1.95 bits per heavy atom. The highest BCUT2D eigenvalue weighted by molar-refractivity contribution is 5.38. The molecular weight excluding hydrogens is 270 g/mol. The standard InChI is InChI=1S/C20H25NO/c1-21(13-12-16-6-3-2-4-7-16)15-18-9-5-8-17-14-19(22)10-11-20(17)18/h2-4,6-7,10-11,14,18,22H,5,8-9,12-13,15H2,1H3. The molecule has 0 fully saturated rings. The third-order valence-corrected chi connectivity index (χ3v) is 4.72. The number of hydrogen-bond donors (Lipinski definition) is 1. The van der Waals surface area contributed by atoms with Gasteiger partial charge in [-0.3, -0.25) is 0 Å². The number of likely N-dealkylation sites (N-methyl/N-ethyl adjacent to an activating group) is 1.